The highest BCUT2D eigenvalue weighted by Crippen LogP contribution is 2.07. The number of carbonyl (C=O) groups is 1. The highest BCUT2D eigenvalue weighted by molar-refractivity contribution is 7.85. The van der Waals surface area contributed by atoms with E-state index in [1.165, 1.54) is 0 Å². The van der Waals surface area contributed by atoms with Crippen LogP contribution in [0.4, 0.5) is 0 Å². The SMILES string of the molecule is CC(N)CC(=O)NC1CCS(=O)C1.Cl. The van der Waals surface area contributed by atoms with Gasteiger partial charge in [-0.05, 0) is 13.3 Å². The molecule has 3 atom stereocenters. The summed E-state index contributed by atoms with van der Waals surface area (Å²) in [5.74, 6) is 1.28. The molecule has 3 unspecified atom stereocenters. The van der Waals surface area contributed by atoms with Crippen molar-refractivity contribution in [1.29, 1.82) is 0 Å². The molecule has 1 heterocycles. The van der Waals surface area contributed by atoms with Gasteiger partial charge in [0.15, 0.2) is 0 Å². The Morgan fingerprint density at radius 3 is 2.79 bits per heavy atom. The molecule has 0 aromatic heterocycles. The zero-order valence-corrected chi connectivity index (χ0v) is 9.83. The third-order valence-electron chi connectivity index (χ3n) is 1.95. The zero-order chi connectivity index (χ0) is 9.84. The van der Waals surface area contributed by atoms with Crippen LogP contribution in [0.15, 0.2) is 0 Å². The van der Waals surface area contributed by atoms with Gasteiger partial charge in [0.1, 0.15) is 0 Å². The van der Waals surface area contributed by atoms with Crippen LogP contribution in [0.5, 0.6) is 0 Å². The standard InChI is InChI=1S/C8H16N2O2S.ClH/c1-6(9)4-8(11)10-7-2-3-13(12)5-7;/h6-7H,2-5,9H2,1H3,(H,10,11);1H. The van der Waals surface area contributed by atoms with E-state index < -0.39 is 10.8 Å². The molecule has 1 aliphatic rings. The molecule has 0 aromatic rings. The minimum absolute atomic E-state index is 0. The van der Waals surface area contributed by atoms with Crippen molar-refractivity contribution in [3.05, 3.63) is 0 Å². The Balaban J connectivity index is 0.00000169. The summed E-state index contributed by atoms with van der Waals surface area (Å²) in [7, 11) is -0.728. The summed E-state index contributed by atoms with van der Waals surface area (Å²) in [5.41, 5.74) is 5.47. The maximum Gasteiger partial charge on any atom is 0.221 e. The summed E-state index contributed by atoms with van der Waals surface area (Å²) >= 11 is 0. The summed E-state index contributed by atoms with van der Waals surface area (Å²) in [5, 5.41) is 2.83. The van der Waals surface area contributed by atoms with Gasteiger partial charge in [-0.2, -0.15) is 0 Å². The van der Waals surface area contributed by atoms with Crippen molar-refractivity contribution in [3.8, 4) is 0 Å². The van der Waals surface area contributed by atoms with Gasteiger partial charge in [0.05, 0.1) is 0 Å². The van der Waals surface area contributed by atoms with Crippen LogP contribution in [0, 0.1) is 0 Å². The molecule has 0 radical (unpaired) electrons. The minimum atomic E-state index is -0.728. The molecular formula is C8H17ClN2O2S. The summed E-state index contributed by atoms with van der Waals surface area (Å²) in [6.45, 7) is 1.80. The number of nitrogens with two attached hydrogens (primary N) is 1. The van der Waals surface area contributed by atoms with E-state index in [4.69, 9.17) is 5.73 Å². The number of carbonyl (C=O) groups excluding carboxylic acids is 1. The predicted octanol–water partition coefficient (Wildman–Crippen LogP) is -0.217. The minimum Gasteiger partial charge on any atom is -0.352 e. The number of halogens is 1. The van der Waals surface area contributed by atoms with Crippen LogP contribution < -0.4 is 11.1 Å². The first-order valence-corrected chi connectivity index (χ1v) is 5.96. The lowest BCUT2D eigenvalue weighted by molar-refractivity contribution is -0.121. The molecule has 0 bridgehead atoms. The van der Waals surface area contributed by atoms with Crippen molar-refractivity contribution in [3.63, 3.8) is 0 Å². The molecule has 3 N–H and O–H groups in total. The zero-order valence-electron chi connectivity index (χ0n) is 8.19. The second-order valence-corrected chi connectivity index (χ2v) is 5.17. The molecule has 1 fully saturated rings. The molecule has 1 saturated heterocycles. The van der Waals surface area contributed by atoms with E-state index in [0.29, 0.717) is 17.9 Å². The van der Waals surface area contributed by atoms with Crippen molar-refractivity contribution in [2.45, 2.75) is 31.8 Å². The Kier molecular flexibility index (Phi) is 6.31. The van der Waals surface area contributed by atoms with Crippen molar-refractivity contribution in [2.24, 2.45) is 5.73 Å². The molecule has 0 saturated carbocycles. The maximum atomic E-state index is 11.2. The first-order chi connectivity index (χ1) is 6.08. The Morgan fingerprint density at radius 2 is 2.36 bits per heavy atom. The topological polar surface area (TPSA) is 72.2 Å². The number of rotatable bonds is 3. The molecule has 0 aliphatic carbocycles. The summed E-state index contributed by atoms with van der Waals surface area (Å²) in [6, 6.07) is -0.000941. The van der Waals surface area contributed by atoms with E-state index in [9.17, 15) is 9.00 Å². The second kappa shape index (κ2) is 6.37. The van der Waals surface area contributed by atoms with Gasteiger partial charge in [-0.1, -0.05) is 0 Å². The number of nitrogens with one attached hydrogen (secondary N) is 1. The average molecular weight is 241 g/mol. The lowest BCUT2D eigenvalue weighted by Gasteiger charge is -2.11. The molecule has 6 heteroatoms. The van der Waals surface area contributed by atoms with Crippen LogP contribution in [0.1, 0.15) is 19.8 Å². The number of amides is 1. The van der Waals surface area contributed by atoms with E-state index in [-0.39, 0.29) is 30.4 Å². The van der Waals surface area contributed by atoms with Crippen LogP contribution in [0.25, 0.3) is 0 Å². The third-order valence-corrected chi connectivity index (χ3v) is 3.42. The van der Waals surface area contributed by atoms with E-state index in [2.05, 4.69) is 5.32 Å². The first kappa shape index (κ1) is 13.9. The quantitative estimate of drug-likeness (QED) is 0.717. The molecule has 1 aliphatic heterocycles. The molecule has 0 aromatic carbocycles. The molecule has 1 rings (SSSR count). The number of hydrogen-bond donors (Lipinski definition) is 2. The van der Waals surface area contributed by atoms with Crippen molar-refractivity contribution >= 4 is 29.1 Å². The average Bonchev–Trinajstić information content (AvgIpc) is 2.33. The fraction of sp³-hybridized carbons (Fsp3) is 0.875. The van der Waals surface area contributed by atoms with Crippen LogP contribution >= 0.6 is 12.4 Å². The van der Waals surface area contributed by atoms with Gasteiger partial charge in [0.25, 0.3) is 0 Å². The largest absolute Gasteiger partial charge is 0.352 e. The third kappa shape index (κ3) is 4.93. The highest BCUT2D eigenvalue weighted by Gasteiger charge is 2.22. The van der Waals surface area contributed by atoms with Crippen molar-refractivity contribution < 1.29 is 9.00 Å². The maximum absolute atomic E-state index is 11.2. The number of hydrogen-bond acceptors (Lipinski definition) is 3. The molecule has 4 nitrogen and oxygen atoms in total. The second-order valence-electron chi connectivity index (χ2n) is 3.55. The normalized spacial score (nSPS) is 27.9. The molecular weight excluding hydrogens is 224 g/mol. The van der Waals surface area contributed by atoms with Crippen LogP contribution in [0.2, 0.25) is 0 Å². The van der Waals surface area contributed by atoms with Crippen LogP contribution in [-0.4, -0.2) is 33.7 Å². The van der Waals surface area contributed by atoms with E-state index in [0.717, 1.165) is 6.42 Å². The smallest absolute Gasteiger partial charge is 0.221 e. The van der Waals surface area contributed by atoms with Crippen molar-refractivity contribution in [2.75, 3.05) is 11.5 Å². The summed E-state index contributed by atoms with van der Waals surface area (Å²) in [4.78, 5) is 11.2. The van der Waals surface area contributed by atoms with Gasteiger partial charge in [0.2, 0.25) is 5.91 Å². The molecule has 14 heavy (non-hydrogen) atoms. The molecule has 0 spiro atoms. The molecule has 84 valence electrons. The lowest BCUT2D eigenvalue weighted by atomic mass is 10.2. The monoisotopic (exact) mass is 240 g/mol. The van der Waals surface area contributed by atoms with E-state index in [1.54, 1.807) is 6.92 Å². The summed E-state index contributed by atoms with van der Waals surface area (Å²) in [6.07, 6.45) is 1.18. The Hall–Kier alpha value is -0.130. The first-order valence-electron chi connectivity index (χ1n) is 4.48. The fourth-order valence-electron chi connectivity index (χ4n) is 1.36. The van der Waals surface area contributed by atoms with Gasteiger partial charge in [-0.3, -0.25) is 9.00 Å². The van der Waals surface area contributed by atoms with E-state index in [1.807, 2.05) is 0 Å². The summed E-state index contributed by atoms with van der Waals surface area (Å²) < 4.78 is 11.0. The van der Waals surface area contributed by atoms with Gasteiger partial charge in [-0.25, -0.2) is 0 Å². The van der Waals surface area contributed by atoms with Gasteiger partial charge >= 0.3 is 0 Å². The predicted molar refractivity (Wildman–Crippen MR) is 59.9 cm³/mol. The van der Waals surface area contributed by atoms with Gasteiger partial charge in [0, 0.05) is 40.8 Å². The van der Waals surface area contributed by atoms with E-state index >= 15 is 0 Å². The Labute approximate surface area is 92.9 Å². The van der Waals surface area contributed by atoms with Crippen LogP contribution in [-0.2, 0) is 15.6 Å². The van der Waals surface area contributed by atoms with Gasteiger partial charge < -0.3 is 11.1 Å². The fourth-order valence-corrected chi connectivity index (χ4v) is 2.77. The Morgan fingerprint density at radius 1 is 1.71 bits per heavy atom. The lowest BCUT2D eigenvalue weighted by Crippen LogP contribution is -2.37. The molecule has 1 amide bonds. The van der Waals surface area contributed by atoms with Crippen molar-refractivity contribution in [1.82, 2.24) is 5.32 Å². The van der Waals surface area contributed by atoms with Crippen LogP contribution in [0.3, 0.4) is 0 Å². The van der Waals surface area contributed by atoms with Gasteiger partial charge in [-0.15, -0.1) is 12.4 Å². The Bertz CT molecular complexity index is 223. The highest BCUT2D eigenvalue weighted by atomic mass is 35.5.